The fourth-order valence-electron chi connectivity index (χ4n) is 1.53. The van der Waals surface area contributed by atoms with Crippen LogP contribution in [0.15, 0.2) is 0 Å². The summed E-state index contributed by atoms with van der Waals surface area (Å²) in [4.78, 5) is 47.6. The molecular formula is C11H17N3O4. The van der Waals surface area contributed by atoms with Crippen LogP contribution in [0.1, 0.15) is 27.2 Å². The number of imide groups is 2. The minimum Gasteiger partial charge on any atom is -0.352 e. The third-order valence-corrected chi connectivity index (χ3v) is 2.77. The van der Waals surface area contributed by atoms with Crippen LogP contribution < -0.4 is 5.32 Å². The number of carbonyl (C=O) groups excluding carboxylic acids is 4. The van der Waals surface area contributed by atoms with E-state index in [1.165, 1.54) is 0 Å². The Morgan fingerprint density at radius 2 is 1.72 bits per heavy atom. The van der Waals surface area contributed by atoms with E-state index >= 15 is 0 Å². The van der Waals surface area contributed by atoms with E-state index < -0.39 is 30.3 Å². The van der Waals surface area contributed by atoms with Crippen molar-refractivity contribution in [1.29, 1.82) is 0 Å². The van der Waals surface area contributed by atoms with Crippen molar-refractivity contribution in [3.8, 4) is 0 Å². The van der Waals surface area contributed by atoms with E-state index in [0.29, 0.717) is 4.90 Å². The van der Waals surface area contributed by atoms with Crippen LogP contribution in [0.5, 0.6) is 0 Å². The van der Waals surface area contributed by atoms with Crippen molar-refractivity contribution in [3.63, 3.8) is 0 Å². The number of amides is 5. The van der Waals surface area contributed by atoms with Crippen molar-refractivity contribution in [2.24, 2.45) is 0 Å². The topological polar surface area (TPSA) is 86.8 Å². The van der Waals surface area contributed by atoms with E-state index in [0.717, 1.165) is 11.3 Å². The second-order valence-corrected chi connectivity index (χ2v) is 4.10. The summed E-state index contributed by atoms with van der Waals surface area (Å²) >= 11 is 0. The molecule has 0 bridgehead atoms. The van der Waals surface area contributed by atoms with Gasteiger partial charge in [-0.2, -0.15) is 0 Å². The first-order valence-electron chi connectivity index (χ1n) is 5.89. The minimum atomic E-state index is -0.943. The van der Waals surface area contributed by atoms with Crippen LogP contribution in [0.3, 0.4) is 0 Å². The molecule has 7 heteroatoms. The molecule has 7 nitrogen and oxygen atoms in total. The number of hydrogen-bond acceptors (Lipinski definition) is 4. The Labute approximate surface area is 105 Å². The summed E-state index contributed by atoms with van der Waals surface area (Å²) in [6.07, 6.45) is 0.744. The van der Waals surface area contributed by atoms with Crippen molar-refractivity contribution in [2.75, 3.05) is 13.1 Å². The van der Waals surface area contributed by atoms with Gasteiger partial charge < -0.3 is 5.32 Å². The summed E-state index contributed by atoms with van der Waals surface area (Å²) in [5.41, 5.74) is 0. The molecule has 5 amide bonds. The maximum absolute atomic E-state index is 11.7. The predicted octanol–water partition coefficient (Wildman–Crippen LogP) is -0.288. The van der Waals surface area contributed by atoms with Gasteiger partial charge in [-0.15, -0.1) is 0 Å². The van der Waals surface area contributed by atoms with Crippen LogP contribution in [0.25, 0.3) is 0 Å². The molecule has 1 rings (SSSR count). The lowest BCUT2D eigenvalue weighted by molar-refractivity contribution is -0.144. The summed E-state index contributed by atoms with van der Waals surface area (Å²) in [5, 5.41) is 2.63. The monoisotopic (exact) mass is 255 g/mol. The SMILES string of the molecule is CC[C@@H](C)NC(=O)CN1C(=O)C(=O)N(CC)C1=O. The lowest BCUT2D eigenvalue weighted by Crippen LogP contribution is -2.43. The zero-order chi connectivity index (χ0) is 13.9. The molecule has 0 aromatic carbocycles. The molecule has 0 saturated carbocycles. The highest BCUT2D eigenvalue weighted by Gasteiger charge is 2.44. The van der Waals surface area contributed by atoms with E-state index in [1.54, 1.807) is 6.92 Å². The van der Waals surface area contributed by atoms with Gasteiger partial charge in [0.1, 0.15) is 6.54 Å². The number of urea groups is 1. The second-order valence-electron chi connectivity index (χ2n) is 4.10. The maximum atomic E-state index is 11.7. The summed E-state index contributed by atoms with van der Waals surface area (Å²) < 4.78 is 0. The van der Waals surface area contributed by atoms with Crippen LogP contribution in [0, 0.1) is 0 Å². The Morgan fingerprint density at radius 3 is 2.17 bits per heavy atom. The first-order valence-corrected chi connectivity index (χ1v) is 5.89. The summed E-state index contributed by atoms with van der Waals surface area (Å²) in [6, 6.07) is -0.768. The molecule has 100 valence electrons. The van der Waals surface area contributed by atoms with Crippen LogP contribution in [-0.2, 0) is 14.4 Å². The van der Waals surface area contributed by atoms with Gasteiger partial charge in [0, 0.05) is 12.6 Å². The fourth-order valence-corrected chi connectivity index (χ4v) is 1.53. The number of carbonyl (C=O) groups is 4. The molecule has 1 fully saturated rings. The molecule has 0 aromatic rings. The highest BCUT2D eigenvalue weighted by atomic mass is 16.2. The van der Waals surface area contributed by atoms with E-state index in [2.05, 4.69) is 5.32 Å². The molecule has 1 saturated heterocycles. The third-order valence-electron chi connectivity index (χ3n) is 2.77. The number of likely N-dealkylation sites (N-methyl/N-ethyl adjacent to an activating group) is 1. The van der Waals surface area contributed by atoms with Gasteiger partial charge in [0.05, 0.1) is 0 Å². The summed E-state index contributed by atoms with van der Waals surface area (Å²) in [5.74, 6) is -2.27. The van der Waals surface area contributed by atoms with Gasteiger partial charge in [0.25, 0.3) is 0 Å². The zero-order valence-corrected chi connectivity index (χ0v) is 10.7. The molecule has 0 unspecified atom stereocenters. The normalized spacial score (nSPS) is 17.4. The standard InChI is InChI=1S/C11H17N3O4/c1-4-7(3)12-8(15)6-14-10(17)9(16)13(5-2)11(14)18/h7H,4-6H2,1-3H3,(H,12,15)/t7-/m1/s1. The minimum absolute atomic E-state index is 0.0386. The highest BCUT2D eigenvalue weighted by Crippen LogP contribution is 2.10. The van der Waals surface area contributed by atoms with E-state index in [1.807, 2.05) is 13.8 Å². The lowest BCUT2D eigenvalue weighted by atomic mass is 10.2. The van der Waals surface area contributed by atoms with Gasteiger partial charge in [-0.3, -0.25) is 19.3 Å². The van der Waals surface area contributed by atoms with E-state index in [4.69, 9.17) is 0 Å². The number of rotatable bonds is 5. The quantitative estimate of drug-likeness (QED) is 0.540. The van der Waals surface area contributed by atoms with Gasteiger partial charge in [-0.25, -0.2) is 9.69 Å². The third kappa shape index (κ3) is 2.66. The molecule has 1 atom stereocenters. The van der Waals surface area contributed by atoms with Gasteiger partial charge >= 0.3 is 17.8 Å². The summed E-state index contributed by atoms with van der Waals surface area (Å²) in [6.45, 7) is 5.01. The van der Waals surface area contributed by atoms with Crippen molar-refractivity contribution >= 4 is 23.8 Å². The Bertz CT molecular complexity index is 394. The van der Waals surface area contributed by atoms with Crippen molar-refractivity contribution in [3.05, 3.63) is 0 Å². The molecular weight excluding hydrogens is 238 g/mol. The molecule has 1 aliphatic rings. The summed E-state index contributed by atoms with van der Waals surface area (Å²) in [7, 11) is 0. The Kier molecular flexibility index (Phi) is 4.41. The fraction of sp³-hybridized carbons (Fsp3) is 0.636. The van der Waals surface area contributed by atoms with Crippen LogP contribution in [-0.4, -0.2) is 52.7 Å². The lowest BCUT2D eigenvalue weighted by Gasteiger charge is -2.16. The zero-order valence-electron chi connectivity index (χ0n) is 10.7. The maximum Gasteiger partial charge on any atom is 0.334 e. The number of hydrogen-bond donors (Lipinski definition) is 1. The smallest absolute Gasteiger partial charge is 0.334 e. The Morgan fingerprint density at radius 1 is 1.17 bits per heavy atom. The molecule has 0 aliphatic carbocycles. The Balaban J connectivity index is 2.68. The largest absolute Gasteiger partial charge is 0.352 e. The van der Waals surface area contributed by atoms with Crippen molar-refractivity contribution in [2.45, 2.75) is 33.2 Å². The molecule has 0 spiro atoms. The van der Waals surface area contributed by atoms with Gasteiger partial charge in [-0.1, -0.05) is 6.92 Å². The molecule has 18 heavy (non-hydrogen) atoms. The van der Waals surface area contributed by atoms with Crippen LogP contribution in [0.4, 0.5) is 4.79 Å². The number of nitrogens with zero attached hydrogens (tertiary/aromatic N) is 2. The molecule has 0 aromatic heterocycles. The first kappa shape index (κ1) is 14.1. The van der Waals surface area contributed by atoms with Crippen LogP contribution in [0.2, 0.25) is 0 Å². The first-order chi connectivity index (χ1) is 8.42. The Hall–Kier alpha value is -1.92. The molecule has 1 aliphatic heterocycles. The van der Waals surface area contributed by atoms with Crippen LogP contribution >= 0.6 is 0 Å². The van der Waals surface area contributed by atoms with Gasteiger partial charge in [0.2, 0.25) is 5.91 Å². The second kappa shape index (κ2) is 5.61. The van der Waals surface area contributed by atoms with Crippen molar-refractivity contribution in [1.82, 2.24) is 15.1 Å². The van der Waals surface area contributed by atoms with E-state index in [9.17, 15) is 19.2 Å². The average molecular weight is 255 g/mol. The van der Waals surface area contributed by atoms with Gasteiger partial charge in [0.15, 0.2) is 0 Å². The highest BCUT2D eigenvalue weighted by molar-refractivity contribution is 6.45. The number of nitrogens with one attached hydrogen (secondary N) is 1. The molecule has 1 heterocycles. The van der Waals surface area contributed by atoms with E-state index in [-0.39, 0.29) is 12.6 Å². The molecule has 0 radical (unpaired) electrons. The average Bonchev–Trinajstić information content (AvgIpc) is 2.53. The van der Waals surface area contributed by atoms with Gasteiger partial charge in [-0.05, 0) is 20.3 Å². The predicted molar refractivity (Wildman–Crippen MR) is 62.4 cm³/mol. The molecule has 1 N–H and O–H groups in total. The van der Waals surface area contributed by atoms with Crippen molar-refractivity contribution < 1.29 is 19.2 Å².